The number of halogens is 2. The van der Waals surface area contributed by atoms with Gasteiger partial charge in [0.15, 0.2) is 34.3 Å². The Morgan fingerprint density at radius 2 is 1.74 bits per heavy atom. The van der Waals surface area contributed by atoms with Crippen molar-refractivity contribution in [3.05, 3.63) is 106 Å². The molecule has 10 heteroatoms. The van der Waals surface area contributed by atoms with E-state index in [0.717, 1.165) is 12.8 Å². The molecule has 1 saturated carbocycles. The lowest BCUT2D eigenvalue weighted by Gasteiger charge is -2.13. The number of methoxy groups -OCH3 is 2. The highest BCUT2D eigenvalue weighted by Gasteiger charge is 2.26. The summed E-state index contributed by atoms with van der Waals surface area (Å²) in [4.78, 5) is 35.4. The molecule has 0 saturated heterocycles. The number of pyridine rings is 3. The molecule has 5 aromatic rings. The number of carbonyl (C=O) groups excluding carboxylic acids is 1. The van der Waals surface area contributed by atoms with Crippen molar-refractivity contribution < 1.29 is 27.8 Å². The predicted molar refractivity (Wildman–Crippen MR) is 152 cm³/mol. The Morgan fingerprint density at radius 1 is 0.952 bits per heavy atom. The molecule has 8 nitrogen and oxygen atoms in total. The van der Waals surface area contributed by atoms with Gasteiger partial charge in [-0.3, -0.25) is 14.6 Å². The molecule has 0 N–H and O–H groups in total. The number of ether oxygens (including phenoxy) is 3. The molecule has 6 rings (SSSR count). The summed E-state index contributed by atoms with van der Waals surface area (Å²) < 4.78 is 46.9. The van der Waals surface area contributed by atoms with Crippen LogP contribution in [0.15, 0.2) is 78.0 Å². The maximum Gasteiger partial charge on any atom is 0.257 e. The summed E-state index contributed by atoms with van der Waals surface area (Å²) in [5.74, 6) is -0.774. The molecule has 0 atom stereocenters. The van der Waals surface area contributed by atoms with Crippen molar-refractivity contribution in [3.8, 4) is 34.3 Å². The number of ketones is 1. The number of carbonyl (C=O) groups is 1. The molecule has 0 radical (unpaired) electrons. The van der Waals surface area contributed by atoms with Gasteiger partial charge in [-0.25, -0.2) is 13.8 Å². The van der Waals surface area contributed by atoms with Gasteiger partial charge in [0.1, 0.15) is 11.3 Å². The molecule has 1 aliphatic carbocycles. The predicted octanol–water partition coefficient (Wildman–Crippen LogP) is 6.31. The van der Waals surface area contributed by atoms with Gasteiger partial charge in [0.05, 0.1) is 25.3 Å². The fraction of sp³-hybridized carbons (Fsp3) is 0.188. The standard InChI is InChI=1S/C32H25F2N3O5/c1-40-29-15-25-30(36-32(29)41-2)28(11-12-35-25)42-27-10-3-18(13-24(27)34)14-26(38)23-17-37(21-8-9-21)16-22(31(23)39)19-4-6-20(33)7-5-19/h3-7,10-13,15-17,21H,8-9,14H2,1-2H3. The highest BCUT2D eigenvalue weighted by atomic mass is 19.1. The fourth-order valence-corrected chi connectivity index (χ4v) is 4.74. The van der Waals surface area contributed by atoms with Crippen molar-refractivity contribution in [2.45, 2.75) is 25.3 Å². The van der Waals surface area contributed by atoms with E-state index in [1.165, 1.54) is 56.8 Å². The number of nitrogens with zero attached hydrogens (tertiary/aromatic N) is 3. The number of benzene rings is 2. The van der Waals surface area contributed by atoms with Gasteiger partial charge >= 0.3 is 0 Å². The number of fused-ring (bicyclic) bond motifs is 1. The number of hydrogen-bond acceptors (Lipinski definition) is 7. The Balaban J connectivity index is 1.27. The summed E-state index contributed by atoms with van der Waals surface area (Å²) in [6.45, 7) is 0. The SMILES string of the molecule is COc1cc2nccc(Oc3ccc(CC(=O)c4cn(C5CC5)cc(-c5ccc(F)cc5)c4=O)cc3F)c2nc1OC. The van der Waals surface area contributed by atoms with Gasteiger partial charge in [0.2, 0.25) is 0 Å². The van der Waals surface area contributed by atoms with Gasteiger partial charge in [0.25, 0.3) is 5.88 Å². The summed E-state index contributed by atoms with van der Waals surface area (Å²) in [7, 11) is 2.94. The maximum atomic E-state index is 15.2. The molecule has 0 spiro atoms. The molecule has 0 aliphatic heterocycles. The van der Waals surface area contributed by atoms with E-state index < -0.39 is 22.8 Å². The molecular formula is C32H25F2N3O5. The maximum absolute atomic E-state index is 15.2. The van der Waals surface area contributed by atoms with Crippen LogP contribution in [0.2, 0.25) is 0 Å². The molecule has 0 unspecified atom stereocenters. The average molecular weight is 570 g/mol. The normalized spacial score (nSPS) is 12.8. The van der Waals surface area contributed by atoms with Crippen LogP contribution >= 0.6 is 0 Å². The molecule has 0 amide bonds. The van der Waals surface area contributed by atoms with Gasteiger partial charge in [-0.1, -0.05) is 18.2 Å². The second kappa shape index (κ2) is 11.0. The van der Waals surface area contributed by atoms with Crippen molar-refractivity contribution in [1.82, 2.24) is 14.5 Å². The smallest absolute Gasteiger partial charge is 0.257 e. The summed E-state index contributed by atoms with van der Waals surface area (Å²) >= 11 is 0. The van der Waals surface area contributed by atoms with Crippen LogP contribution in [-0.2, 0) is 6.42 Å². The van der Waals surface area contributed by atoms with Gasteiger partial charge in [0, 0.05) is 48.7 Å². The summed E-state index contributed by atoms with van der Waals surface area (Å²) in [6, 6.07) is 13.2. The molecule has 3 aromatic heterocycles. The first kappa shape index (κ1) is 27.1. The highest BCUT2D eigenvalue weighted by Crippen LogP contribution is 2.36. The van der Waals surface area contributed by atoms with E-state index >= 15 is 4.39 Å². The molecule has 1 aliphatic rings. The first-order chi connectivity index (χ1) is 20.3. The van der Waals surface area contributed by atoms with E-state index in [4.69, 9.17) is 14.2 Å². The van der Waals surface area contributed by atoms with Gasteiger partial charge < -0.3 is 18.8 Å². The summed E-state index contributed by atoms with van der Waals surface area (Å²) in [5, 5.41) is 0. The van der Waals surface area contributed by atoms with E-state index in [1.54, 1.807) is 30.6 Å². The van der Waals surface area contributed by atoms with Crippen molar-refractivity contribution in [2.24, 2.45) is 0 Å². The zero-order valence-corrected chi connectivity index (χ0v) is 22.8. The zero-order valence-electron chi connectivity index (χ0n) is 22.8. The lowest BCUT2D eigenvalue weighted by atomic mass is 9.99. The monoisotopic (exact) mass is 569 g/mol. The molecule has 2 aromatic carbocycles. The molecule has 0 bridgehead atoms. The Labute approximate surface area is 239 Å². The van der Waals surface area contributed by atoms with Crippen LogP contribution in [-0.4, -0.2) is 34.5 Å². The van der Waals surface area contributed by atoms with Crippen molar-refractivity contribution in [1.29, 1.82) is 0 Å². The van der Waals surface area contributed by atoms with E-state index in [2.05, 4.69) is 9.97 Å². The van der Waals surface area contributed by atoms with E-state index in [9.17, 15) is 14.0 Å². The minimum atomic E-state index is -0.693. The minimum absolute atomic E-state index is 0.00293. The molecule has 212 valence electrons. The number of rotatable bonds is 9. The third-order valence-electron chi connectivity index (χ3n) is 7.07. The topological polar surface area (TPSA) is 92.5 Å². The Hall–Kier alpha value is -5.12. The van der Waals surface area contributed by atoms with E-state index in [0.29, 0.717) is 33.5 Å². The van der Waals surface area contributed by atoms with Gasteiger partial charge in [-0.15, -0.1) is 0 Å². The van der Waals surface area contributed by atoms with Crippen molar-refractivity contribution >= 4 is 16.8 Å². The fourth-order valence-electron chi connectivity index (χ4n) is 4.74. The Kier molecular flexibility index (Phi) is 7.12. The second-order valence-corrected chi connectivity index (χ2v) is 9.94. The van der Waals surface area contributed by atoms with Gasteiger partial charge in [-0.2, -0.15) is 0 Å². The lowest BCUT2D eigenvalue weighted by molar-refractivity contribution is 0.0991. The molecule has 42 heavy (non-hydrogen) atoms. The average Bonchev–Trinajstić information content (AvgIpc) is 3.84. The van der Waals surface area contributed by atoms with Crippen LogP contribution in [0.3, 0.4) is 0 Å². The summed E-state index contributed by atoms with van der Waals surface area (Å²) in [6.07, 6.45) is 6.46. The number of hydrogen-bond donors (Lipinski definition) is 0. The first-order valence-corrected chi connectivity index (χ1v) is 13.2. The number of aromatic nitrogens is 3. The van der Waals surface area contributed by atoms with Crippen molar-refractivity contribution in [3.63, 3.8) is 0 Å². The summed E-state index contributed by atoms with van der Waals surface area (Å²) in [5.41, 5.74) is 1.58. The van der Waals surface area contributed by atoms with Gasteiger partial charge in [-0.05, 0) is 48.2 Å². The van der Waals surface area contributed by atoms with E-state index in [-0.39, 0.29) is 35.4 Å². The lowest BCUT2D eigenvalue weighted by Crippen LogP contribution is -2.21. The number of Topliss-reactive ketones (excluding diaryl/α,β-unsaturated/α-hetero) is 1. The van der Waals surface area contributed by atoms with Crippen LogP contribution in [0.25, 0.3) is 22.2 Å². The first-order valence-electron chi connectivity index (χ1n) is 13.2. The molecule has 3 heterocycles. The van der Waals surface area contributed by atoms with Crippen LogP contribution in [0.1, 0.15) is 34.8 Å². The third-order valence-corrected chi connectivity index (χ3v) is 7.07. The largest absolute Gasteiger partial charge is 0.491 e. The quantitative estimate of drug-likeness (QED) is 0.192. The van der Waals surface area contributed by atoms with Crippen LogP contribution in [0, 0.1) is 11.6 Å². The Morgan fingerprint density at radius 3 is 2.43 bits per heavy atom. The minimum Gasteiger partial charge on any atom is -0.491 e. The van der Waals surface area contributed by atoms with E-state index in [1.807, 2.05) is 4.57 Å². The molecule has 1 fully saturated rings. The highest BCUT2D eigenvalue weighted by molar-refractivity contribution is 5.98. The second-order valence-electron chi connectivity index (χ2n) is 9.94. The molecular weight excluding hydrogens is 544 g/mol. The van der Waals surface area contributed by atoms with Crippen molar-refractivity contribution in [2.75, 3.05) is 14.2 Å². The van der Waals surface area contributed by atoms with Crippen LogP contribution in [0.5, 0.6) is 23.1 Å². The third kappa shape index (κ3) is 5.30. The zero-order chi connectivity index (χ0) is 29.4. The van der Waals surface area contributed by atoms with Crippen LogP contribution in [0.4, 0.5) is 8.78 Å². The Bertz CT molecular complexity index is 1890. The van der Waals surface area contributed by atoms with Crippen LogP contribution < -0.4 is 19.6 Å².